The summed E-state index contributed by atoms with van der Waals surface area (Å²) < 4.78 is 10.8. The number of rotatable bonds is 6. The van der Waals surface area contributed by atoms with Crippen LogP contribution in [0, 0.1) is 20.8 Å². The quantitative estimate of drug-likeness (QED) is 0.653. The molecule has 0 aliphatic rings. The van der Waals surface area contributed by atoms with Crippen LogP contribution >= 0.6 is 11.8 Å². The van der Waals surface area contributed by atoms with Crippen molar-refractivity contribution in [2.75, 3.05) is 5.75 Å². The zero-order chi connectivity index (χ0) is 18.7. The number of amides is 1. The SMILES string of the molecule is Cc1ccc([C@H](C)NC(=O)CSc2nnc(-c3ccoc3C)o2)cc1C. The fourth-order valence-corrected chi connectivity index (χ4v) is 3.09. The van der Waals surface area contributed by atoms with E-state index >= 15 is 0 Å². The molecule has 3 aromatic rings. The van der Waals surface area contributed by atoms with Crippen molar-refractivity contribution in [3.05, 3.63) is 53.0 Å². The third-order valence-electron chi connectivity index (χ3n) is 4.23. The van der Waals surface area contributed by atoms with Gasteiger partial charge >= 0.3 is 0 Å². The number of furan rings is 1. The Bertz CT molecular complexity index is 916. The highest BCUT2D eigenvalue weighted by Gasteiger charge is 2.15. The Hall–Kier alpha value is -2.54. The van der Waals surface area contributed by atoms with E-state index in [1.165, 1.54) is 22.9 Å². The van der Waals surface area contributed by atoms with E-state index in [1.54, 1.807) is 12.3 Å². The molecular weight excluding hydrogens is 350 g/mol. The smallest absolute Gasteiger partial charge is 0.277 e. The monoisotopic (exact) mass is 371 g/mol. The van der Waals surface area contributed by atoms with Crippen molar-refractivity contribution in [1.29, 1.82) is 0 Å². The van der Waals surface area contributed by atoms with Gasteiger partial charge < -0.3 is 14.2 Å². The summed E-state index contributed by atoms with van der Waals surface area (Å²) >= 11 is 1.21. The molecule has 0 unspecified atom stereocenters. The molecule has 0 saturated carbocycles. The maximum atomic E-state index is 12.2. The molecule has 0 radical (unpaired) electrons. The van der Waals surface area contributed by atoms with Crippen LogP contribution in [0.4, 0.5) is 0 Å². The number of carbonyl (C=O) groups excluding carboxylic acids is 1. The summed E-state index contributed by atoms with van der Waals surface area (Å²) in [7, 11) is 0. The molecule has 0 bridgehead atoms. The van der Waals surface area contributed by atoms with E-state index in [0.717, 1.165) is 11.1 Å². The second-order valence-electron chi connectivity index (χ2n) is 6.19. The van der Waals surface area contributed by atoms with E-state index in [4.69, 9.17) is 8.83 Å². The average molecular weight is 371 g/mol. The Morgan fingerprint density at radius 1 is 1.19 bits per heavy atom. The number of nitrogens with one attached hydrogen (secondary N) is 1. The van der Waals surface area contributed by atoms with Crippen LogP contribution in [0.3, 0.4) is 0 Å². The lowest BCUT2D eigenvalue weighted by Gasteiger charge is -2.15. The van der Waals surface area contributed by atoms with Gasteiger partial charge in [-0.05, 0) is 50.5 Å². The van der Waals surface area contributed by atoms with Crippen LogP contribution < -0.4 is 5.32 Å². The number of hydrogen-bond donors (Lipinski definition) is 1. The highest BCUT2D eigenvalue weighted by atomic mass is 32.2. The molecule has 2 heterocycles. The first kappa shape index (κ1) is 18.3. The van der Waals surface area contributed by atoms with Crippen molar-refractivity contribution in [2.24, 2.45) is 0 Å². The van der Waals surface area contributed by atoms with Crippen molar-refractivity contribution < 1.29 is 13.6 Å². The lowest BCUT2D eigenvalue weighted by atomic mass is 10.0. The zero-order valence-corrected chi connectivity index (χ0v) is 16.0. The summed E-state index contributed by atoms with van der Waals surface area (Å²) in [6, 6.07) is 7.92. The topological polar surface area (TPSA) is 81.2 Å². The van der Waals surface area contributed by atoms with Gasteiger partial charge in [0, 0.05) is 0 Å². The minimum absolute atomic E-state index is 0.0609. The number of nitrogens with zero attached hydrogens (tertiary/aromatic N) is 2. The van der Waals surface area contributed by atoms with Gasteiger partial charge in [0.1, 0.15) is 5.76 Å². The maximum Gasteiger partial charge on any atom is 0.277 e. The standard InChI is InChI=1S/C19H21N3O3S/c1-11-5-6-15(9-12(11)2)13(3)20-17(23)10-26-19-22-21-18(25-19)16-7-8-24-14(16)4/h5-9,13H,10H2,1-4H3,(H,20,23)/t13-/m0/s1. The number of carbonyl (C=O) groups is 1. The first-order chi connectivity index (χ1) is 12.4. The number of aryl methyl sites for hydroxylation is 3. The first-order valence-corrected chi connectivity index (χ1v) is 9.30. The van der Waals surface area contributed by atoms with Gasteiger partial charge in [-0.25, -0.2) is 0 Å². The molecule has 2 aromatic heterocycles. The van der Waals surface area contributed by atoms with Gasteiger partial charge in [-0.2, -0.15) is 0 Å². The van der Waals surface area contributed by atoms with E-state index in [9.17, 15) is 4.79 Å². The summed E-state index contributed by atoms with van der Waals surface area (Å²) in [5, 5.41) is 11.3. The molecule has 1 amide bonds. The molecular formula is C19H21N3O3S. The van der Waals surface area contributed by atoms with Crippen molar-refractivity contribution in [3.63, 3.8) is 0 Å². The van der Waals surface area contributed by atoms with E-state index in [-0.39, 0.29) is 17.7 Å². The van der Waals surface area contributed by atoms with Crippen molar-refractivity contribution >= 4 is 17.7 Å². The summed E-state index contributed by atoms with van der Waals surface area (Å²) in [5.74, 6) is 1.23. The molecule has 136 valence electrons. The van der Waals surface area contributed by atoms with E-state index in [0.29, 0.717) is 16.9 Å². The molecule has 0 fully saturated rings. The second-order valence-corrected chi connectivity index (χ2v) is 7.11. The van der Waals surface area contributed by atoms with Gasteiger partial charge in [0.2, 0.25) is 5.91 Å². The fourth-order valence-electron chi connectivity index (χ4n) is 2.51. The molecule has 7 heteroatoms. The van der Waals surface area contributed by atoms with Crippen LogP contribution in [0.2, 0.25) is 0 Å². The van der Waals surface area contributed by atoms with Gasteiger partial charge in [-0.3, -0.25) is 4.79 Å². The van der Waals surface area contributed by atoms with Crippen molar-refractivity contribution in [1.82, 2.24) is 15.5 Å². The number of benzene rings is 1. The second kappa shape index (κ2) is 7.78. The lowest BCUT2D eigenvalue weighted by Crippen LogP contribution is -2.28. The third-order valence-corrected chi connectivity index (χ3v) is 5.05. The average Bonchev–Trinajstić information content (AvgIpc) is 3.24. The molecule has 1 aromatic carbocycles. The lowest BCUT2D eigenvalue weighted by molar-refractivity contribution is -0.119. The van der Waals surface area contributed by atoms with Crippen molar-refractivity contribution in [3.8, 4) is 11.5 Å². The number of aromatic nitrogens is 2. The number of thioether (sulfide) groups is 1. The van der Waals surface area contributed by atoms with Crippen molar-refractivity contribution in [2.45, 2.75) is 39.0 Å². The Morgan fingerprint density at radius 3 is 2.69 bits per heavy atom. The summed E-state index contributed by atoms with van der Waals surface area (Å²) in [6.07, 6.45) is 1.57. The molecule has 0 aliphatic heterocycles. The van der Waals surface area contributed by atoms with Gasteiger partial charge in [0.15, 0.2) is 0 Å². The highest BCUT2D eigenvalue weighted by molar-refractivity contribution is 7.99. The third kappa shape index (κ3) is 4.16. The van der Waals surface area contributed by atoms with Crippen LogP contribution in [0.1, 0.15) is 35.4 Å². The van der Waals surface area contributed by atoms with Crippen LogP contribution in [-0.4, -0.2) is 21.9 Å². The van der Waals surface area contributed by atoms with Crippen LogP contribution in [0.15, 0.2) is 44.6 Å². The highest BCUT2D eigenvalue weighted by Crippen LogP contribution is 2.26. The molecule has 26 heavy (non-hydrogen) atoms. The van der Waals surface area contributed by atoms with Gasteiger partial charge in [0.05, 0.1) is 23.6 Å². The summed E-state index contributed by atoms with van der Waals surface area (Å²) in [5.41, 5.74) is 4.30. The number of hydrogen-bond acceptors (Lipinski definition) is 6. The maximum absolute atomic E-state index is 12.2. The Balaban J connectivity index is 1.55. The summed E-state index contributed by atoms with van der Waals surface area (Å²) in [6.45, 7) is 7.94. The summed E-state index contributed by atoms with van der Waals surface area (Å²) in [4.78, 5) is 12.2. The van der Waals surface area contributed by atoms with Gasteiger partial charge in [0.25, 0.3) is 11.1 Å². The van der Waals surface area contributed by atoms with Crippen LogP contribution in [0.5, 0.6) is 0 Å². The Labute approximate surface area is 156 Å². The molecule has 3 rings (SSSR count). The van der Waals surface area contributed by atoms with E-state index < -0.39 is 0 Å². The molecule has 0 saturated heterocycles. The largest absolute Gasteiger partial charge is 0.469 e. The van der Waals surface area contributed by atoms with E-state index in [2.05, 4.69) is 41.5 Å². The Kier molecular flexibility index (Phi) is 5.46. The predicted molar refractivity (Wildman–Crippen MR) is 99.9 cm³/mol. The van der Waals surface area contributed by atoms with Gasteiger partial charge in [-0.15, -0.1) is 10.2 Å². The fraction of sp³-hybridized carbons (Fsp3) is 0.316. The molecule has 0 spiro atoms. The van der Waals surface area contributed by atoms with E-state index in [1.807, 2.05) is 19.9 Å². The normalized spacial score (nSPS) is 12.2. The molecule has 1 atom stereocenters. The van der Waals surface area contributed by atoms with Gasteiger partial charge in [-0.1, -0.05) is 30.0 Å². The molecule has 0 aliphatic carbocycles. The Morgan fingerprint density at radius 2 is 2.00 bits per heavy atom. The molecule has 1 N–H and O–H groups in total. The predicted octanol–water partition coefficient (Wildman–Crippen LogP) is 4.22. The zero-order valence-electron chi connectivity index (χ0n) is 15.2. The van der Waals surface area contributed by atoms with Crippen LogP contribution in [0.25, 0.3) is 11.5 Å². The minimum Gasteiger partial charge on any atom is -0.469 e. The minimum atomic E-state index is -0.0834. The van der Waals surface area contributed by atoms with Crippen LogP contribution in [-0.2, 0) is 4.79 Å². The first-order valence-electron chi connectivity index (χ1n) is 8.31. The molecule has 6 nitrogen and oxygen atoms in total.